The molecule has 1 rings (SSSR count). The van der Waals surface area contributed by atoms with Crippen LogP contribution in [0.25, 0.3) is 0 Å². The third kappa shape index (κ3) is 3.47. The number of carbonyl (C=O) groups is 1. The van der Waals surface area contributed by atoms with Crippen LogP contribution in [-0.2, 0) is 9.53 Å². The summed E-state index contributed by atoms with van der Waals surface area (Å²) in [6.45, 7) is 5.53. The van der Waals surface area contributed by atoms with Crippen molar-refractivity contribution in [1.82, 2.24) is 0 Å². The predicted molar refractivity (Wildman–Crippen MR) is 59.2 cm³/mol. The largest absolute Gasteiger partial charge is 0.459 e. The lowest BCUT2D eigenvalue weighted by Gasteiger charge is -2.36. The predicted octanol–water partition coefficient (Wildman–Crippen LogP) is 0.927. The van der Waals surface area contributed by atoms with Gasteiger partial charge in [-0.05, 0) is 46.5 Å². The summed E-state index contributed by atoms with van der Waals surface area (Å²) in [5.41, 5.74) is 10.5. The van der Waals surface area contributed by atoms with Gasteiger partial charge in [0, 0.05) is 6.04 Å². The molecule has 1 saturated carbocycles. The number of hydrogen-bond acceptors (Lipinski definition) is 4. The fraction of sp³-hybridized carbons (Fsp3) is 0.909. The summed E-state index contributed by atoms with van der Waals surface area (Å²) in [4.78, 5) is 11.9. The molecule has 0 aromatic carbocycles. The molecule has 4 heteroatoms. The highest BCUT2D eigenvalue weighted by Crippen LogP contribution is 2.27. The molecule has 4 N–H and O–H groups in total. The first-order chi connectivity index (χ1) is 6.73. The Hall–Kier alpha value is -0.610. The van der Waals surface area contributed by atoms with Gasteiger partial charge in [-0.3, -0.25) is 4.79 Å². The van der Waals surface area contributed by atoms with Gasteiger partial charge in [0.15, 0.2) is 0 Å². The van der Waals surface area contributed by atoms with Gasteiger partial charge >= 0.3 is 5.97 Å². The van der Waals surface area contributed by atoms with Crippen molar-refractivity contribution in [3.8, 4) is 0 Å². The highest BCUT2D eigenvalue weighted by atomic mass is 16.6. The van der Waals surface area contributed by atoms with E-state index in [0.29, 0.717) is 12.8 Å². The van der Waals surface area contributed by atoms with Crippen molar-refractivity contribution in [2.24, 2.45) is 11.5 Å². The average Bonchev–Trinajstić information content (AvgIpc) is 2.00. The highest BCUT2D eigenvalue weighted by molar-refractivity contribution is 5.81. The second-order valence-corrected chi connectivity index (χ2v) is 5.51. The van der Waals surface area contributed by atoms with E-state index < -0.39 is 11.1 Å². The first kappa shape index (κ1) is 12.5. The van der Waals surface area contributed by atoms with E-state index in [0.717, 1.165) is 12.8 Å². The zero-order valence-corrected chi connectivity index (χ0v) is 9.88. The van der Waals surface area contributed by atoms with Crippen LogP contribution in [0.2, 0.25) is 0 Å². The molecule has 0 saturated heterocycles. The maximum Gasteiger partial charge on any atom is 0.326 e. The van der Waals surface area contributed by atoms with Gasteiger partial charge in [-0.2, -0.15) is 0 Å². The van der Waals surface area contributed by atoms with Crippen LogP contribution in [0.5, 0.6) is 0 Å². The fourth-order valence-electron chi connectivity index (χ4n) is 1.92. The molecule has 0 heterocycles. The molecule has 0 radical (unpaired) electrons. The Morgan fingerprint density at radius 2 is 2.07 bits per heavy atom. The zero-order chi connectivity index (χ0) is 11.7. The normalized spacial score (nSPS) is 32.5. The van der Waals surface area contributed by atoms with Gasteiger partial charge in [0.2, 0.25) is 0 Å². The summed E-state index contributed by atoms with van der Waals surface area (Å²) in [5.74, 6) is -0.315. The number of esters is 1. The summed E-state index contributed by atoms with van der Waals surface area (Å²) in [6, 6.07) is 0.0243. The number of nitrogens with two attached hydrogens (primary N) is 2. The third-order valence-corrected chi connectivity index (χ3v) is 2.63. The van der Waals surface area contributed by atoms with Crippen LogP contribution in [0.3, 0.4) is 0 Å². The van der Waals surface area contributed by atoms with Gasteiger partial charge in [-0.15, -0.1) is 0 Å². The van der Waals surface area contributed by atoms with Crippen LogP contribution in [0.1, 0.15) is 46.5 Å². The van der Waals surface area contributed by atoms with Crippen molar-refractivity contribution in [2.45, 2.75) is 63.6 Å². The van der Waals surface area contributed by atoms with Crippen molar-refractivity contribution < 1.29 is 9.53 Å². The molecule has 2 unspecified atom stereocenters. The smallest absolute Gasteiger partial charge is 0.326 e. The summed E-state index contributed by atoms with van der Waals surface area (Å²) in [7, 11) is 0. The molecule has 0 aromatic rings. The van der Waals surface area contributed by atoms with Crippen molar-refractivity contribution in [2.75, 3.05) is 0 Å². The Morgan fingerprint density at radius 3 is 2.53 bits per heavy atom. The lowest BCUT2D eigenvalue weighted by molar-refractivity contribution is -0.163. The van der Waals surface area contributed by atoms with Gasteiger partial charge < -0.3 is 16.2 Å². The Labute approximate surface area is 91.3 Å². The molecule has 0 amide bonds. The van der Waals surface area contributed by atoms with Gasteiger partial charge in [-0.1, -0.05) is 0 Å². The van der Waals surface area contributed by atoms with E-state index in [2.05, 4.69) is 0 Å². The SMILES string of the molecule is CC(C)(C)OC(=O)C1(N)CCCC(N)C1. The van der Waals surface area contributed by atoms with Gasteiger partial charge in [-0.25, -0.2) is 0 Å². The maximum atomic E-state index is 11.9. The summed E-state index contributed by atoms with van der Waals surface area (Å²) < 4.78 is 5.31. The van der Waals surface area contributed by atoms with E-state index in [1.165, 1.54) is 0 Å². The van der Waals surface area contributed by atoms with Crippen molar-refractivity contribution in [1.29, 1.82) is 0 Å². The van der Waals surface area contributed by atoms with Crippen molar-refractivity contribution in [3.63, 3.8) is 0 Å². The molecule has 1 aliphatic carbocycles. The minimum absolute atomic E-state index is 0.0243. The maximum absolute atomic E-state index is 11.9. The van der Waals surface area contributed by atoms with Crippen LogP contribution >= 0.6 is 0 Å². The monoisotopic (exact) mass is 214 g/mol. The van der Waals surface area contributed by atoms with E-state index in [4.69, 9.17) is 16.2 Å². The number of ether oxygens (including phenoxy) is 1. The third-order valence-electron chi connectivity index (χ3n) is 2.63. The summed E-state index contributed by atoms with van der Waals surface area (Å²) in [6.07, 6.45) is 3.05. The quantitative estimate of drug-likeness (QED) is 0.636. The Bertz CT molecular complexity index is 247. The first-order valence-electron chi connectivity index (χ1n) is 5.51. The molecule has 0 aliphatic heterocycles. The van der Waals surface area contributed by atoms with Crippen LogP contribution in [0.15, 0.2) is 0 Å². The van der Waals surface area contributed by atoms with E-state index in [1.54, 1.807) is 0 Å². The average molecular weight is 214 g/mol. The Morgan fingerprint density at radius 1 is 1.47 bits per heavy atom. The molecule has 15 heavy (non-hydrogen) atoms. The lowest BCUT2D eigenvalue weighted by Crippen LogP contribution is -2.56. The van der Waals surface area contributed by atoms with E-state index in [-0.39, 0.29) is 12.0 Å². The first-order valence-corrected chi connectivity index (χ1v) is 5.51. The minimum Gasteiger partial charge on any atom is -0.459 e. The van der Waals surface area contributed by atoms with Crippen LogP contribution in [0.4, 0.5) is 0 Å². The topological polar surface area (TPSA) is 78.3 Å². The molecular weight excluding hydrogens is 192 g/mol. The molecule has 2 atom stereocenters. The molecule has 0 bridgehead atoms. The lowest BCUT2D eigenvalue weighted by atomic mass is 9.80. The van der Waals surface area contributed by atoms with Gasteiger partial charge in [0.05, 0.1) is 0 Å². The fourth-order valence-corrected chi connectivity index (χ4v) is 1.92. The standard InChI is InChI=1S/C11H22N2O2/c1-10(2,3)15-9(14)11(13)6-4-5-8(12)7-11/h8H,4-7,12-13H2,1-3H3. The van der Waals surface area contributed by atoms with Crippen molar-refractivity contribution in [3.05, 3.63) is 0 Å². The second kappa shape index (κ2) is 4.10. The van der Waals surface area contributed by atoms with E-state index in [9.17, 15) is 4.79 Å². The van der Waals surface area contributed by atoms with Crippen LogP contribution < -0.4 is 11.5 Å². The molecular formula is C11H22N2O2. The van der Waals surface area contributed by atoms with E-state index >= 15 is 0 Å². The van der Waals surface area contributed by atoms with Crippen LogP contribution in [0, 0.1) is 0 Å². The number of rotatable bonds is 1. The molecule has 0 spiro atoms. The Kier molecular flexibility index (Phi) is 3.41. The molecule has 0 aromatic heterocycles. The number of carbonyl (C=O) groups excluding carboxylic acids is 1. The summed E-state index contributed by atoms with van der Waals surface area (Å²) in [5, 5.41) is 0. The number of hydrogen-bond donors (Lipinski definition) is 2. The molecule has 4 nitrogen and oxygen atoms in total. The van der Waals surface area contributed by atoms with Crippen LogP contribution in [-0.4, -0.2) is 23.2 Å². The molecule has 1 fully saturated rings. The Balaban J connectivity index is 2.64. The second-order valence-electron chi connectivity index (χ2n) is 5.51. The van der Waals surface area contributed by atoms with E-state index in [1.807, 2.05) is 20.8 Å². The highest BCUT2D eigenvalue weighted by Gasteiger charge is 2.41. The summed E-state index contributed by atoms with van der Waals surface area (Å²) >= 11 is 0. The molecule has 88 valence electrons. The zero-order valence-electron chi connectivity index (χ0n) is 9.88. The van der Waals surface area contributed by atoms with Gasteiger partial charge in [0.25, 0.3) is 0 Å². The minimum atomic E-state index is -0.870. The van der Waals surface area contributed by atoms with Crippen molar-refractivity contribution >= 4 is 5.97 Å². The van der Waals surface area contributed by atoms with Gasteiger partial charge in [0.1, 0.15) is 11.1 Å². The molecule has 1 aliphatic rings.